The van der Waals surface area contributed by atoms with Crippen LogP contribution in [0.5, 0.6) is 0 Å². The molecule has 1 aromatic heterocycles. The number of carbonyl (C=O) groups excluding carboxylic acids is 2. The maximum absolute atomic E-state index is 11.2. The Kier molecular flexibility index (Phi) is 5.33. The summed E-state index contributed by atoms with van der Waals surface area (Å²) in [6, 6.07) is -0.417. The zero-order valence-electron chi connectivity index (χ0n) is 10.1. The van der Waals surface area contributed by atoms with Crippen molar-refractivity contribution in [3.8, 4) is 0 Å². The third kappa shape index (κ3) is 5.52. The van der Waals surface area contributed by atoms with E-state index in [1.165, 1.54) is 12.5 Å². The first kappa shape index (κ1) is 14.5. The van der Waals surface area contributed by atoms with Gasteiger partial charge < -0.3 is 26.0 Å². The van der Waals surface area contributed by atoms with E-state index in [1.54, 1.807) is 4.57 Å². The molecule has 1 aromatic rings. The van der Waals surface area contributed by atoms with Gasteiger partial charge in [0, 0.05) is 32.3 Å². The first-order valence-corrected chi connectivity index (χ1v) is 5.54. The Morgan fingerprint density at radius 3 is 2.58 bits per heavy atom. The number of nitrogens with zero attached hydrogens (tertiary/aromatic N) is 2. The van der Waals surface area contributed by atoms with Gasteiger partial charge in [-0.15, -0.1) is 0 Å². The second-order valence-electron chi connectivity index (χ2n) is 3.70. The van der Waals surface area contributed by atoms with Crippen molar-refractivity contribution in [2.24, 2.45) is 5.73 Å². The fourth-order valence-corrected chi connectivity index (χ4v) is 1.25. The van der Waals surface area contributed by atoms with Gasteiger partial charge in [-0.3, -0.25) is 4.79 Å². The monoisotopic (exact) mass is 269 g/mol. The van der Waals surface area contributed by atoms with Crippen LogP contribution in [0.1, 0.15) is 16.9 Å². The van der Waals surface area contributed by atoms with E-state index in [0.29, 0.717) is 13.1 Å². The van der Waals surface area contributed by atoms with Gasteiger partial charge in [0.2, 0.25) is 5.91 Å². The predicted octanol–water partition coefficient (Wildman–Crippen LogP) is -1.24. The van der Waals surface area contributed by atoms with Crippen LogP contribution in [-0.2, 0) is 11.3 Å². The van der Waals surface area contributed by atoms with Crippen molar-refractivity contribution >= 4 is 17.9 Å². The zero-order chi connectivity index (χ0) is 14.3. The molecular formula is C10H15N5O4. The SMILES string of the molecule is NC(=O)CCNC(=O)NCCn1cnc(C(=O)O)c1. The topological polar surface area (TPSA) is 139 Å². The number of imidazole rings is 1. The summed E-state index contributed by atoms with van der Waals surface area (Å²) in [4.78, 5) is 35.9. The van der Waals surface area contributed by atoms with E-state index in [1.807, 2.05) is 0 Å². The highest BCUT2D eigenvalue weighted by molar-refractivity contribution is 5.84. The lowest BCUT2D eigenvalue weighted by atomic mass is 10.4. The summed E-state index contributed by atoms with van der Waals surface area (Å²) in [7, 11) is 0. The molecule has 0 aliphatic carbocycles. The van der Waals surface area contributed by atoms with Gasteiger partial charge in [0.15, 0.2) is 5.69 Å². The van der Waals surface area contributed by atoms with E-state index >= 15 is 0 Å². The number of hydrogen-bond acceptors (Lipinski definition) is 4. The number of carboxylic acid groups (broad SMARTS) is 1. The number of carbonyl (C=O) groups is 3. The van der Waals surface area contributed by atoms with Crippen LogP contribution < -0.4 is 16.4 Å². The molecule has 0 aromatic carbocycles. The fourth-order valence-electron chi connectivity index (χ4n) is 1.25. The van der Waals surface area contributed by atoms with Crippen LogP contribution in [0.2, 0.25) is 0 Å². The minimum atomic E-state index is -1.10. The Morgan fingerprint density at radius 2 is 2.00 bits per heavy atom. The summed E-state index contributed by atoms with van der Waals surface area (Å²) in [5, 5.41) is 13.7. The number of hydrogen-bond donors (Lipinski definition) is 4. The molecule has 0 spiro atoms. The molecule has 0 unspecified atom stereocenters. The molecule has 0 aliphatic heterocycles. The van der Waals surface area contributed by atoms with Gasteiger partial charge in [-0.2, -0.15) is 0 Å². The molecule has 104 valence electrons. The molecule has 19 heavy (non-hydrogen) atoms. The molecule has 1 rings (SSSR count). The highest BCUT2D eigenvalue weighted by atomic mass is 16.4. The van der Waals surface area contributed by atoms with Crippen molar-refractivity contribution in [3.63, 3.8) is 0 Å². The minimum absolute atomic E-state index is 0.0501. The number of nitrogens with one attached hydrogen (secondary N) is 2. The normalized spacial score (nSPS) is 9.89. The van der Waals surface area contributed by atoms with Crippen molar-refractivity contribution in [2.75, 3.05) is 13.1 Å². The second kappa shape index (κ2) is 6.99. The molecule has 0 saturated carbocycles. The van der Waals surface area contributed by atoms with E-state index in [-0.39, 0.29) is 18.7 Å². The first-order valence-electron chi connectivity index (χ1n) is 5.54. The smallest absolute Gasteiger partial charge is 0.356 e. The van der Waals surface area contributed by atoms with Gasteiger partial charge in [-0.05, 0) is 0 Å². The molecule has 9 nitrogen and oxygen atoms in total. The lowest BCUT2D eigenvalue weighted by Gasteiger charge is -2.06. The standard InChI is InChI=1S/C10H15N5O4/c11-8(16)1-2-12-10(19)13-3-4-15-5-7(9(17)18)14-6-15/h5-6H,1-4H2,(H2,11,16)(H,17,18)(H2,12,13,19). The van der Waals surface area contributed by atoms with Crippen molar-refractivity contribution in [2.45, 2.75) is 13.0 Å². The molecule has 9 heteroatoms. The van der Waals surface area contributed by atoms with E-state index in [4.69, 9.17) is 10.8 Å². The van der Waals surface area contributed by atoms with Gasteiger partial charge in [-0.25, -0.2) is 14.6 Å². The Bertz CT molecular complexity index is 470. The molecule has 0 bridgehead atoms. The molecular weight excluding hydrogens is 254 g/mol. The molecule has 0 fully saturated rings. The largest absolute Gasteiger partial charge is 0.476 e. The van der Waals surface area contributed by atoms with Crippen LogP contribution in [-0.4, -0.2) is 45.7 Å². The number of amides is 3. The fraction of sp³-hybridized carbons (Fsp3) is 0.400. The summed E-state index contributed by atoms with van der Waals surface area (Å²) in [6.07, 6.45) is 2.82. The number of aromatic carboxylic acids is 1. The zero-order valence-corrected chi connectivity index (χ0v) is 10.1. The predicted molar refractivity (Wildman–Crippen MR) is 64.4 cm³/mol. The van der Waals surface area contributed by atoms with Gasteiger partial charge in [-0.1, -0.05) is 0 Å². The van der Waals surface area contributed by atoms with Crippen LogP contribution >= 0.6 is 0 Å². The van der Waals surface area contributed by atoms with Crippen LogP contribution in [0.25, 0.3) is 0 Å². The molecule has 0 radical (unpaired) electrons. The maximum atomic E-state index is 11.2. The van der Waals surface area contributed by atoms with Crippen molar-refractivity contribution < 1.29 is 19.5 Å². The number of nitrogens with two attached hydrogens (primary N) is 1. The van der Waals surface area contributed by atoms with Gasteiger partial charge in [0.05, 0.1) is 6.33 Å². The van der Waals surface area contributed by atoms with Gasteiger partial charge in [0.1, 0.15) is 0 Å². The van der Waals surface area contributed by atoms with E-state index < -0.39 is 17.9 Å². The third-order valence-electron chi connectivity index (χ3n) is 2.16. The van der Waals surface area contributed by atoms with Crippen molar-refractivity contribution in [1.29, 1.82) is 0 Å². The van der Waals surface area contributed by atoms with E-state index in [2.05, 4.69) is 15.6 Å². The summed E-state index contributed by atoms with van der Waals surface area (Å²) >= 11 is 0. The highest BCUT2D eigenvalue weighted by Gasteiger charge is 2.06. The quantitative estimate of drug-likeness (QED) is 0.490. The molecule has 3 amide bonds. The van der Waals surface area contributed by atoms with Gasteiger partial charge >= 0.3 is 12.0 Å². The number of carboxylic acids is 1. The summed E-state index contributed by atoms with van der Waals surface area (Å²) in [5.74, 6) is -1.59. The van der Waals surface area contributed by atoms with Crippen LogP contribution in [0.15, 0.2) is 12.5 Å². The van der Waals surface area contributed by atoms with Crippen molar-refractivity contribution in [3.05, 3.63) is 18.2 Å². The van der Waals surface area contributed by atoms with Crippen LogP contribution in [0.4, 0.5) is 4.79 Å². The Hall–Kier alpha value is -2.58. The lowest BCUT2D eigenvalue weighted by molar-refractivity contribution is -0.117. The number of urea groups is 1. The van der Waals surface area contributed by atoms with Gasteiger partial charge in [0.25, 0.3) is 0 Å². The summed E-state index contributed by atoms with van der Waals surface area (Å²) < 4.78 is 1.55. The molecule has 0 saturated heterocycles. The first-order chi connectivity index (χ1) is 8.99. The molecule has 0 aliphatic rings. The molecule has 5 N–H and O–H groups in total. The summed E-state index contributed by atoms with van der Waals surface area (Å²) in [5.41, 5.74) is 4.86. The third-order valence-corrected chi connectivity index (χ3v) is 2.16. The molecule has 0 atom stereocenters. The number of rotatable bonds is 7. The van der Waals surface area contributed by atoms with E-state index in [0.717, 1.165) is 0 Å². The Labute approximate surface area is 108 Å². The average Bonchev–Trinajstić information content (AvgIpc) is 2.77. The Balaban J connectivity index is 2.20. The van der Waals surface area contributed by atoms with Crippen molar-refractivity contribution in [1.82, 2.24) is 20.2 Å². The second-order valence-corrected chi connectivity index (χ2v) is 3.70. The van der Waals surface area contributed by atoms with E-state index in [9.17, 15) is 14.4 Å². The summed E-state index contributed by atoms with van der Waals surface area (Å²) in [6.45, 7) is 0.872. The van der Waals surface area contributed by atoms with Crippen LogP contribution in [0, 0.1) is 0 Å². The number of aromatic nitrogens is 2. The minimum Gasteiger partial charge on any atom is -0.476 e. The maximum Gasteiger partial charge on any atom is 0.356 e. The van der Waals surface area contributed by atoms with Crippen LogP contribution in [0.3, 0.4) is 0 Å². The molecule has 1 heterocycles. The average molecular weight is 269 g/mol. The highest BCUT2D eigenvalue weighted by Crippen LogP contribution is 1.95. The Morgan fingerprint density at radius 1 is 1.32 bits per heavy atom. The number of primary amides is 1. The lowest BCUT2D eigenvalue weighted by Crippen LogP contribution is -2.38.